The standard InChI is InChI=1S/C14H23F3N4/c1-5-8-21(9-14(15,16)17)13-10(4)12(18-7-3)19-11(6-2)20-13/h5-9H2,1-4H3,(H,18,19,20). The second-order valence-corrected chi connectivity index (χ2v) is 4.86. The molecule has 4 nitrogen and oxygen atoms in total. The van der Waals surface area contributed by atoms with E-state index < -0.39 is 12.7 Å². The highest BCUT2D eigenvalue weighted by atomic mass is 19.4. The number of aryl methyl sites for hydroxylation is 1. The zero-order valence-electron chi connectivity index (χ0n) is 13.0. The van der Waals surface area contributed by atoms with E-state index in [2.05, 4.69) is 15.3 Å². The van der Waals surface area contributed by atoms with E-state index in [1.807, 2.05) is 20.8 Å². The molecule has 1 aromatic rings. The van der Waals surface area contributed by atoms with Crippen LogP contribution in [0.5, 0.6) is 0 Å². The lowest BCUT2D eigenvalue weighted by Gasteiger charge is -2.27. The lowest BCUT2D eigenvalue weighted by Crippen LogP contribution is -2.36. The Morgan fingerprint density at radius 3 is 2.29 bits per heavy atom. The Morgan fingerprint density at radius 2 is 1.81 bits per heavy atom. The number of rotatable bonds is 7. The molecule has 1 N–H and O–H groups in total. The van der Waals surface area contributed by atoms with Gasteiger partial charge in [0.1, 0.15) is 24.0 Å². The summed E-state index contributed by atoms with van der Waals surface area (Å²) in [7, 11) is 0. The average Bonchev–Trinajstić information content (AvgIpc) is 2.39. The van der Waals surface area contributed by atoms with Gasteiger partial charge in [-0.3, -0.25) is 0 Å². The molecule has 1 heterocycles. The summed E-state index contributed by atoms with van der Waals surface area (Å²) in [6.45, 7) is 7.40. The lowest BCUT2D eigenvalue weighted by atomic mass is 10.2. The van der Waals surface area contributed by atoms with Gasteiger partial charge in [-0.05, 0) is 20.3 Å². The minimum absolute atomic E-state index is 0.312. The number of alkyl halides is 3. The van der Waals surface area contributed by atoms with E-state index >= 15 is 0 Å². The van der Waals surface area contributed by atoms with E-state index in [9.17, 15) is 13.2 Å². The van der Waals surface area contributed by atoms with E-state index in [1.54, 1.807) is 6.92 Å². The number of nitrogens with zero attached hydrogens (tertiary/aromatic N) is 3. The SMILES string of the molecule is CCCN(CC(F)(F)F)c1nc(CC)nc(NCC)c1C. The Bertz CT molecular complexity index is 460. The molecule has 1 rings (SSSR count). The van der Waals surface area contributed by atoms with Crippen LogP contribution >= 0.6 is 0 Å². The first-order valence-electron chi connectivity index (χ1n) is 7.25. The van der Waals surface area contributed by atoms with Crippen LogP contribution in [0.25, 0.3) is 0 Å². The summed E-state index contributed by atoms with van der Waals surface area (Å²) in [4.78, 5) is 9.95. The zero-order chi connectivity index (χ0) is 16.0. The summed E-state index contributed by atoms with van der Waals surface area (Å²) in [5.41, 5.74) is 0.659. The maximum atomic E-state index is 12.8. The first-order valence-corrected chi connectivity index (χ1v) is 7.25. The van der Waals surface area contributed by atoms with Crippen LogP contribution in [0.4, 0.5) is 24.8 Å². The third-order valence-corrected chi connectivity index (χ3v) is 2.99. The number of halogens is 3. The molecule has 0 aromatic carbocycles. The smallest absolute Gasteiger partial charge is 0.370 e. The van der Waals surface area contributed by atoms with Gasteiger partial charge in [-0.25, -0.2) is 9.97 Å². The fourth-order valence-corrected chi connectivity index (χ4v) is 2.10. The van der Waals surface area contributed by atoms with Crippen molar-refractivity contribution in [3.63, 3.8) is 0 Å². The molecule has 0 saturated carbocycles. The monoisotopic (exact) mass is 304 g/mol. The minimum atomic E-state index is -4.25. The molecular weight excluding hydrogens is 281 g/mol. The van der Waals surface area contributed by atoms with Crippen molar-refractivity contribution >= 4 is 11.6 Å². The molecule has 0 aliphatic heterocycles. The highest BCUT2D eigenvalue weighted by Crippen LogP contribution is 2.27. The predicted octanol–water partition coefficient (Wildman–Crippen LogP) is 3.56. The van der Waals surface area contributed by atoms with Crippen molar-refractivity contribution in [2.45, 2.75) is 46.7 Å². The molecule has 0 atom stereocenters. The van der Waals surface area contributed by atoms with Gasteiger partial charge in [0.15, 0.2) is 0 Å². The van der Waals surface area contributed by atoms with Gasteiger partial charge in [0, 0.05) is 25.1 Å². The minimum Gasteiger partial charge on any atom is -0.370 e. The third kappa shape index (κ3) is 5.06. The van der Waals surface area contributed by atoms with Crippen LogP contribution in [0.3, 0.4) is 0 Å². The van der Waals surface area contributed by atoms with Crippen LogP contribution < -0.4 is 10.2 Å². The van der Waals surface area contributed by atoms with E-state index in [-0.39, 0.29) is 0 Å². The second-order valence-electron chi connectivity index (χ2n) is 4.86. The van der Waals surface area contributed by atoms with Crippen LogP contribution in [-0.2, 0) is 6.42 Å². The molecule has 1 aromatic heterocycles. The van der Waals surface area contributed by atoms with Gasteiger partial charge >= 0.3 is 6.18 Å². The van der Waals surface area contributed by atoms with Crippen molar-refractivity contribution in [1.82, 2.24) is 9.97 Å². The molecule has 0 spiro atoms. The topological polar surface area (TPSA) is 41.1 Å². The van der Waals surface area contributed by atoms with E-state index in [4.69, 9.17) is 0 Å². The molecule has 0 bridgehead atoms. The van der Waals surface area contributed by atoms with Gasteiger partial charge in [0.05, 0.1) is 0 Å². The van der Waals surface area contributed by atoms with Gasteiger partial charge < -0.3 is 10.2 Å². The highest BCUT2D eigenvalue weighted by Gasteiger charge is 2.32. The molecule has 120 valence electrons. The average molecular weight is 304 g/mol. The van der Waals surface area contributed by atoms with Crippen molar-refractivity contribution in [2.75, 3.05) is 29.9 Å². The fraction of sp³-hybridized carbons (Fsp3) is 0.714. The van der Waals surface area contributed by atoms with Crippen molar-refractivity contribution in [2.24, 2.45) is 0 Å². The van der Waals surface area contributed by atoms with Crippen molar-refractivity contribution in [3.8, 4) is 0 Å². The van der Waals surface area contributed by atoms with Crippen LogP contribution in [0, 0.1) is 6.92 Å². The van der Waals surface area contributed by atoms with Crippen molar-refractivity contribution < 1.29 is 13.2 Å². The molecule has 0 aliphatic carbocycles. The first-order chi connectivity index (χ1) is 9.82. The summed E-state index contributed by atoms with van der Waals surface area (Å²) in [5.74, 6) is 1.54. The Balaban J connectivity index is 3.24. The maximum Gasteiger partial charge on any atom is 0.405 e. The zero-order valence-corrected chi connectivity index (χ0v) is 13.0. The Labute approximate surface area is 123 Å². The molecule has 0 unspecified atom stereocenters. The largest absolute Gasteiger partial charge is 0.405 e. The van der Waals surface area contributed by atoms with Gasteiger partial charge in [-0.1, -0.05) is 13.8 Å². The summed E-state index contributed by atoms with van der Waals surface area (Å²) in [6, 6.07) is 0. The van der Waals surface area contributed by atoms with Gasteiger partial charge in [0.25, 0.3) is 0 Å². The number of nitrogens with one attached hydrogen (secondary N) is 1. The third-order valence-electron chi connectivity index (χ3n) is 2.99. The Hall–Kier alpha value is -1.53. The first kappa shape index (κ1) is 17.5. The van der Waals surface area contributed by atoms with Crippen LogP contribution in [0.2, 0.25) is 0 Å². The van der Waals surface area contributed by atoms with Crippen molar-refractivity contribution in [3.05, 3.63) is 11.4 Å². The second kappa shape index (κ2) is 7.47. The highest BCUT2D eigenvalue weighted by molar-refractivity contribution is 5.58. The molecule has 21 heavy (non-hydrogen) atoms. The normalized spacial score (nSPS) is 11.6. The number of aromatic nitrogens is 2. The molecule has 0 fully saturated rings. The van der Waals surface area contributed by atoms with Crippen LogP contribution in [-0.4, -0.2) is 35.8 Å². The summed E-state index contributed by atoms with van der Waals surface area (Å²) in [5, 5.41) is 3.09. The molecule has 0 radical (unpaired) electrons. The molecule has 0 saturated heterocycles. The van der Waals surface area contributed by atoms with Gasteiger partial charge in [-0.2, -0.15) is 13.2 Å². The van der Waals surface area contributed by atoms with Crippen molar-refractivity contribution in [1.29, 1.82) is 0 Å². The van der Waals surface area contributed by atoms with Crippen LogP contribution in [0.15, 0.2) is 0 Å². The summed E-state index contributed by atoms with van der Waals surface area (Å²) < 4.78 is 38.3. The number of hydrogen-bond donors (Lipinski definition) is 1. The summed E-state index contributed by atoms with van der Waals surface area (Å²) >= 11 is 0. The molecule has 0 amide bonds. The molecular formula is C14H23F3N4. The predicted molar refractivity (Wildman–Crippen MR) is 78.9 cm³/mol. The van der Waals surface area contributed by atoms with E-state index in [0.29, 0.717) is 49.0 Å². The Kier molecular flexibility index (Phi) is 6.23. The van der Waals surface area contributed by atoms with Gasteiger partial charge in [-0.15, -0.1) is 0 Å². The Morgan fingerprint density at radius 1 is 1.14 bits per heavy atom. The fourth-order valence-electron chi connectivity index (χ4n) is 2.10. The number of hydrogen-bond acceptors (Lipinski definition) is 4. The number of anilines is 2. The lowest BCUT2D eigenvalue weighted by molar-refractivity contribution is -0.119. The van der Waals surface area contributed by atoms with E-state index in [0.717, 1.165) is 0 Å². The van der Waals surface area contributed by atoms with E-state index in [1.165, 1.54) is 4.90 Å². The summed E-state index contributed by atoms with van der Waals surface area (Å²) in [6.07, 6.45) is -3.05. The van der Waals surface area contributed by atoms with Crippen LogP contribution in [0.1, 0.15) is 38.6 Å². The maximum absolute atomic E-state index is 12.8. The molecule has 0 aliphatic rings. The van der Waals surface area contributed by atoms with Gasteiger partial charge in [0.2, 0.25) is 0 Å². The quantitative estimate of drug-likeness (QED) is 0.836. The molecule has 7 heteroatoms.